The van der Waals surface area contributed by atoms with Gasteiger partial charge in [0.2, 0.25) is 0 Å². The van der Waals surface area contributed by atoms with Crippen LogP contribution in [0.2, 0.25) is 5.02 Å². The number of ether oxygens (including phenoxy) is 1. The highest BCUT2D eigenvalue weighted by Gasteiger charge is 2.22. The molecule has 0 aliphatic rings. The molecule has 1 atom stereocenters. The topological polar surface area (TPSA) is 27.1 Å². The van der Waals surface area contributed by atoms with E-state index in [1.54, 1.807) is 0 Å². The first-order valence-corrected chi connectivity index (χ1v) is 8.30. The Kier molecular flexibility index (Phi) is 5.91. The number of fused-ring (bicyclic) bond motifs is 1. The van der Waals surface area contributed by atoms with Gasteiger partial charge in [0, 0.05) is 18.9 Å². The third-order valence-electron chi connectivity index (χ3n) is 3.66. The maximum atomic E-state index is 6.29. The fourth-order valence-corrected chi connectivity index (χ4v) is 2.95. The molecule has 1 heterocycles. The van der Waals surface area contributed by atoms with Crippen LogP contribution in [0.5, 0.6) is 0 Å². The van der Waals surface area contributed by atoms with Gasteiger partial charge >= 0.3 is 0 Å². The molecule has 2 aromatic rings. The van der Waals surface area contributed by atoms with Crippen LogP contribution in [0.25, 0.3) is 11.0 Å². The lowest BCUT2D eigenvalue weighted by atomic mass is 10.0. The molecule has 0 aliphatic carbocycles. The Morgan fingerprint density at radius 2 is 2.10 bits per heavy atom. The number of halogens is 2. The highest BCUT2D eigenvalue weighted by atomic mass is 35.5. The second-order valence-electron chi connectivity index (χ2n) is 5.42. The van der Waals surface area contributed by atoms with E-state index in [-0.39, 0.29) is 6.04 Å². The van der Waals surface area contributed by atoms with Crippen molar-refractivity contribution < 1.29 is 4.74 Å². The van der Waals surface area contributed by atoms with Crippen molar-refractivity contribution in [2.75, 3.05) is 19.1 Å². The van der Waals surface area contributed by atoms with Gasteiger partial charge in [0.05, 0.1) is 23.2 Å². The zero-order chi connectivity index (χ0) is 15.4. The lowest BCUT2D eigenvalue weighted by molar-refractivity contribution is 0.0969. The largest absolute Gasteiger partial charge is 0.380 e. The van der Waals surface area contributed by atoms with Crippen molar-refractivity contribution in [3.8, 4) is 0 Å². The van der Waals surface area contributed by atoms with Gasteiger partial charge in [-0.05, 0) is 25.0 Å². The average molecular weight is 329 g/mol. The standard InChI is InChI=1S/C16H22Cl2N2O/c1-4-21-10-14(11(2)3)20-13-7-5-6-12(18)16(13)19-15(20)8-9-17/h5-7,11,14H,4,8-10H2,1-3H3. The normalized spacial score (nSPS) is 13.2. The summed E-state index contributed by atoms with van der Waals surface area (Å²) in [5.41, 5.74) is 1.91. The third kappa shape index (κ3) is 3.53. The number of hydrogen-bond donors (Lipinski definition) is 0. The first kappa shape index (κ1) is 16.6. The van der Waals surface area contributed by atoms with Crippen LogP contribution in [0.15, 0.2) is 18.2 Å². The number of rotatable bonds is 7. The predicted octanol–water partition coefficient (Wildman–Crippen LogP) is 4.70. The second kappa shape index (κ2) is 7.48. The average Bonchev–Trinajstić information content (AvgIpc) is 2.80. The number of nitrogens with zero attached hydrogens (tertiary/aromatic N) is 2. The zero-order valence-corrected chi connectivity index (χ0v) is 14.3. The predicted molar refractivity (Wildman–Crippen MR) is 89.5 cm³/mol. The molecule has 0 fully saturated rings. The number of alkyl halides is 1. The number of aromatic nitrogens is 2. The molecular weight excluding hydrogens is 307 g/mol. The Morgan fingerprint density at radius 1 is 1.33 bits per heavy atom. The highest BCUT2D eigenvalue weighted by Crippen LogP contribution is 2.30. The van der Waals surface area contributed by atoms with Gasteiger partial charge in [-0.15, -0.1) is 11.6 Å². The molecule has 0 N–H and O–H groups in total. The molecule has 116 valence electrons. The first-order valence-electron chi connectivity index (χ1n) is 7.39. The lowest BCUT2D eigenvalue weighted by Gasteiger charge is -2.25. The third-order valence-corrected chi connectivity index (χ3v) is 4.15. The van der Waals surface area contributed by atoms with Crippen LogP contribution < -0.4 is 0 Å². The Morgan fingerprint density at radius 3 is 2.71 bits per heavy atom. The number of para-hydroxylation sites is 1. The van der Waals surface area contributed by atoms with Crippen molar-refractivity contribution in [1.82, 2.24) is 9.55 Å². The summed E-state index contributed by atoms with van der Waals surface area (Å²) in [6.07, 6.45) is 0.724. The molecule has 0 saturated heterocycles. The van der Waals surface area contributed by atoms with Crippen molar-refractivity contribution in [3.63, 3.8) is 0 Å². The molecule has 1 aromatic heterocycles. The molecule has 3 nitrogen and oxygen atoms in total. The lowest BCUT2D eigenvalue weighted by Crippen LogP contribution is -2.23. The van der Waals surface area contributed by atoms with E-state index < -0.39 is 0 Å². The summed E-state index contributed by atoms with van der Waals surface area (Å²) in [6, 6.07) is 6.13. The van der Waals surface area contributed by atoms with Crippen LogP contribution in [-0.2, 0) is 11.2 Å². The first-order chi connectivity index (χ1) is 10.1. The van der Waals surface area contributed by atoms with Gasteiger partial charge in [-0.25, -0.2) is 4.98 Å². The van der Waals surface area contributed by atoms with Crippen molar-refractivity contribution in [3.05, 3.63) is 29.0 Å². The summed E-state index contributed by atoms with van der Waals surface area (Å²) in [5.74, 6) is 1.95. The van der Waals surface area contributed by atoms with Crippen LogP contribution in [0.3, 0.4) is 0 Å². The SMILES string of the molecule is CCOCC(C(C)C)n1c(CCCl)nc2c(Cl)cccc21. The van der Waals surface area contributed by atoms with E-state index in [9.17, 15) is 0 Å². The fraction of sp³-hybridized carbons (Fsp3) is 0.562. The molecular formula is C16H22Cl2N2O. The van der Waals surface area contributed by atoms with Crippen molar-refractivity contribution >= 4 is 34.2 Å². The summed E-state index contributed by atoms with van der Waals surface area (Å²) >= 11 is 12.2. The zero-order valence-electron chi connectivity index (χ0n) is 12.8. The van der Waals surface area contributed by atoms with Gasteiger partial charge in [0.1, 0.15) is 11.3 Å². The molecule has 5 heteroatoms. The van der Waals surface area contributed by atoms with Gasteiger partial charge < -0.3 is 9.30 Å². The summed E-state index contributed by atoms with van der Waals surface area (Å²) in [5, 5.41) is 0.681. The van der Waals surface area contributed by atoms with Gasteiger partial charge in [-0.3, -0.25) is 0 Å². The quantitative estimate of drug-likeness (QED) is 0.688. The van der Waals surface area contributed by atoms with Crippen LogP contribution >= 0.6 is 23.2 Å². The van der Waals surface area contributed by atoms with E-state index >= 15 is 0 Å². The van der Waals surface area contributed by atoms with E-state index in [2.05, 4.69) is 24.5 Å². The summed E-state index contributed by atoms with van der Waals surface area (Å²) in [4.78, 5) is 4.70. The Hall–Kier alpha value is -0.770. The van der Waals surface area contributed by atoms with Gasteiger partial charge in [-0.1, -0.05) is 31.5 Å². The minimum atomic E-state index is 0.228. The van der Waals surface area contributed by atoms with E-state index in [0.29, 0.717) is 30.0 Å². The monoisotopic (exact) mass is 328 g/mol. The molecule has 0 amide bonds. The highest BCUT2D eigenvalue weighted by molar-refractivity contribution is 6.34. The summed E-state index contributed by atoms with van der Waals surface area (Å²) in [6.45, 7) is 7.79. The Labute approximate surface area is 136 Å². The van der Waals surface area contributed by atoms with Crippen molar-refractivity contribution in [1.29, 1.82) is 0 Å². The van der Waals surface area contributed by atoms with E-state index in [0.717, 1.165) is 23.3 Å². The molecule has 0 bridgehead atoms. The van der Waals surface area contributed by atoms with Gasteiger partial charge in [0.25, 0.3) is 0 Å². The van der Waals surface area contributed by atoms with E-state index in [4.69, 9.17) is 32.9 Å². The maximum absolute atomic E-state index is 6.29. The minimum Gasteiger partial charge on any atom is -0.380 e. The van der Waals surface area contributed by atoms with Crippen molar-refractivity contribution in [2.24, 2.45) is 5.92 Å². The number of benzene rings is 1. The smallest absolute Gasteiger partial charge is 0.111 e. The molecule has 21 heavy (non-hydrogen) atoms. The molecule has 0 saturated carbocycles. The molecule has 0 radical (unpaired) electrons. The molecule has 0 aliphatic heterocycles. The van der Waals surface area contributed by atoms with E-state index in [1.807, 2.05) is 19.1 Å². The van der Waals surface area contributed by atoms with Crippen LogP contribution in [0.4, 0.5) is 0 Å². The Balaban J connectivity index is 2.57. The van der Waals surface area contributed by atoms with Gasteiger partial charge in [-0.2, -0.15) is 0 Å². The summed E-state index contributed by atoms with van der Waals surface area (Å²) < 4.78 is 7.93. The second-order valence-corrected chi connectivity index (χ2v) is 6.20. The fourth-order valence-electron chi connectivity index (χ4n) is 2.57. The van der Waals surface area contributed by atoms with Crippen LogP contribution in [0, 0.1) is 5.92 Å². The van der Waals surface area contributed by atoms with E-state index in [1.165, 1.54) is 0 Å². The summed E-state index contributed by atoms with van der Waals surface area (Å²) in [7, 11) is 0. The number of hydrogen-bond acceptors (Lipinski definition) is 2. The Bertz CT molecular complexity index is 595. The molecule has 1 aromatic carbocycles. The van der Waals surface area contributed by atoms with Crippen LogP contribution in [-0.4, -0.2) is 28.6 Å². The van der Waals surface area contributed by atoms with Crippen LogP contribution in [0.1, 0.15) is 32.6 Å². The number of aryl methyl sites for hydroxylation is 1. The van der Waals surface area contributed by atoms with Crippen molar-refractivity contribution in [2.45, 2.75) is 33.2 Å². The molecule has 0 spiro atoms. The molecule has 2 rings (SSSR count). The molecule has 1 unspecified atom stereocenters. The maximum Gasteiger partial charge on any atom is 0.111 e. The van der Waals surface area contributed by atoms with Gasteiger partial charge in [0.15, 0.2) is 0 Å². The minimum absolute atomic E-state index is 0.228. The number of imidazole rings is 1.